The molecular formula is C42H28N4S. The Hall–Kier alpha value is -6.04. The Kier molecular flexibility index (Phi) is 6.44. The topological polar surface area (TPSA) is 53.2 Å². The average molecular weight is 621 g/mol. The predicted octanol–water partition coefficient (Wildman–Crippen LogP) is 11.0. The lowest BCUT2D eigenvalue weighted by Crippen LogP contribution is -2.25. The van der Waals surface area contributed by atoms with E-state index in [1.807, 2.05) is 42.5 Å². The number of hydrogen-bond acceptors (Lipinski definition) is 2. The van der Waals surface area contributed by atoms with Gasteiger partial charge in [0.25, 0.3) is 0 Å². The minimum Gasteiger partial charge on any atom is -0.282 e. The molecule has 0 aliphatic heterocycles. The summed E-state index contributed by atoms with van der Waals surface area (Å²) in [5.74, 6) is 0.799. The van der Waals surface area contributed by atoms with E-state index in [-0.39, 0.29) is 5.84 Å². The van der Waals surface area contributed by atoms with E-state index in [0.29, 0.717) is 5.84 Å². The first-order valence-corrected chi connectivity index (χ1v) is 16.5. The number of benzene rings is 7. The first-order valence-electron chi connectivity index (χ1n) is 15.6. The van der Waals surface area contributed by atoms with E-state index in [9.17, 15) is 5.41 Å². The van der Waals surface area contributed by atoms with E-state index in [4.69, 9.17) is 4.99 Å². The normalized spacial score (nSPS) is 12.0. The van der Waals surface area contributed by atoms with Gasteiger partial charge in [0.15, 0.2) is 11.7 Å². The number of aliphatic imine (C=N–C) groups is 1. The number of nitrogens with one attached hydrogen (secondary N) is 2. The maximum absolute atomic E-state index is 9.22. The molecule has 5 heteroatoms. The Balaban J connectivity index is 1.24. The number of nitrogens with zero attached hydrogens (tertiary/aromatic N) is 2. The summed E-state index contributed by atoms with van der Waals surface area (Å²) < 4.78 is 4.59. The van der Waals surface area contributed by atoms with Crippen LogP contribution in [0.3, 0.4) is 0 Å². The molecule has 4 nitrogen and oxygen atoms in total. The number of hydrogen-bond donors (Lipinski definition) is 2. The Bertz CT molecular complexity index is 2670. The first kappa shape index (κ1) is 27.3. The summed E-state index contributed by atoms with van der Waals surface area (Å²) in [6, 6.07) is 54.8. The summed E-state index contributed by atoms with van der Waals surface area (Å²) in [4.78, 5) is 4.99. The number of amidine groups is 2. The molecule has 9 aromatic rings. The highest BCUT2D eigenvalue weighted by atomic mass is 32.1. The fourth-order valence-electron chi connectivity index (χ4n) is 6.62. The van der Waals surface area contributed by atoms with Crippen LogP contribution >= 0.6 is 11.3 Å². The molecule has 0 radical (unpaired) electrons. The van der Waals surface area contributed by atoms with Gasteiger partial charge in [0.1, 0.15) is 0 Å². The fraction of sp³-hybridized carbons (Fsp3) is 0. The van der Waals surface area contributed by atoms with Gasteiger partial charge in [-0.15, -0.1) is 11.3 Å². The van der Waals surface area contributed by atoms with Crippen molar-refractivity contribution in [1.29, 1.82) is 5.41 Å². The molecule has 0 atom stereocenters. The van der Waals surface area contributed by atoms with Crippen molar-refractivity contribution in [2.45, 2.75) is 0 Å². The third-order valence-corrected chi connectivity index (χ3v) is 10.1. The summed E-state index contributed by atoms with van der Waals surface area (Å²) in [6.45, 7) is 0. The van der Waals surface area contributed by atoms with Gasteiger partial charge in [-0.25, -0.2) is 4.99 Å². The molecule has 7 aromatic carbocycles. The Morgan fingerprint density at radius 3 is 2.11 bits per heavy atom. The largest absolute Gasteiger partial charge is 0.282 e. The van der Waals surface area contributed by atoms with E-state index in [1.54, 1.807) is 11.3 Å². The number of thiophene rings is 1. The lowest BCUT2D eigenvalue weighted by molar-refractivity contribution is 1.08. The van der Waals surface area contributed by atoms with Gasteiger partial charge in [-0.3, -0.25) is 15.5 Å². The molecule has 0 saturated heterocycles. The second kappa shape index (κ2) is 11.1. The van der Waals surface area contributed by atoms with E-state index in [0.717, 1.165) is 44.1 Å². The van der Waals surface area contributed by atoms with Crippen molar-refractivity contribution in [2.24, 2.45) is 4.99 Å². The zero-order chi connectivity index (χ0) is 31.3. The number of aromatic nitrogens is 1. The van der Waals surface area contributed by atoms with Crippen molar-refractivity contribution < 1.29 is 0 Å². The van der Waals surface area contributed by atoms with Gasteiger partial charge in [0.2, 0.25) is 0 Å². The summed E-state index contributed by atoms with van der Waals surface area (Å²) >= 11 is 1.78. The molecule has 2 heterocycles. The standard InChI is InChI=1S/C42H28N4S/c43-41(31-21-24-39-35(25-31)33-17-9-10-18-38(33)47-39)44-42(29-14-5-2-6-15-29)45-46-36-23-20-28-13-7-8-16-32(28)40(36)34-22-19-30(26-37(34)46)27-11-3-1-4-12-27/h1-26H,(H2,43,44,45). The summed E-state index contributed by atoms with van der Waals surface area (Å²) in [6.07, 6.45) is 0. The third kappa shape index (κ3) is 4.68. The highest BCUT2D eigenvalue weighted by molar-refractivity contribution is 7.25. The molecule has 0 fully saturated rings. The minimum atomic E-state index is 0.199. The lowest BCUT2D eigenvalue weighted by atomic mass is 10.0. The van der Waals surface area contributed by atoms with Crippen LogP contribution in [0.15, 0.2) is 163 Å². The minimum absolute atomic E-state index is 0.199. The molecule has 0 saturated carbocycles. The molecule has 222 valence electrons. The van der Waals surface area contributed by atoms with E-state index < -0.39 is 0 Å². The molecule has 0 bridgehead atoms. The second-order valence-corrected chi connectivity index (χ2v) is 12.8. The Morgan fingerprint density at radius 2 is 1.26 bits per heavy atom. The summed E-state index contributed by atoms with van der Waals surface area (Å²) in [5, 5.41) is 16.3. The molecule has 2 aromatic heterocycles. The maximum Gasteiger partial charge on any atom is 0.154 e. The second-order valence-electron chi connectivity index (χ2n) is 11.7. The van der Waals surface area contributed by atoms with Crippen LogP contribution in [0.1, 0.15) is 11.1 Å². The van der Waals surface area contributed by atoms with Gasteiger partial charge in [-0.1, -0.05) is 121 Å². The Labute approximate surface area is 275 Å². The molecule has 0 spiro atoms. The number of fused-ring (bicyclic) bond motifs is 8. The molecule has 47 heavy (non-hydrogen) atoms. The zero-order valence-electron chi connectivity index (χ0n) is 25.3. The molecule has 0 unspecified atom stereocenters. The average Bonchev–Trinajstić information content (AvgIpc) is 3.67. The van der Waals surface area contributed by atoms with Crippen LogP contribution in [0.2, 0.25) is 0 Å². The van der Waals surface area contributed by atoms with Crippen molar-refractivity contribution in [3.8, 4) is 11.1 Å². The molecule has 2 N–H and O–H groups in total. The van der Waals surface area contributed by atoms with Crippen LogP contribution in [0.25, 0.3) is 63.9 Å². The van der Waals surface area contributed by atoms with Gasteiger partial charge < -0.3 is 0 Å². The molecule has 0 aliphatic rings. The van der Waals surface area contributed by atoms with Gasteiger partial charge in [-0.05, 0) is 58.3 Å². The molecular weight excluding hydrogens is 593 g/mol. The van der Waals surface area contributed by atoms with Gasteiger partial charge in [-0.2, -0.15) is 0 Å². The Morgan fingerprint density at radius 1 is 0.532 bits per heavy atom. The van der Waals surface area contributed by atoms with Crippen LogP contribution in [0.5, 0.6) is 0 Å². The SMILES string of the molecule is N=C(N=C(Nn1c2cc(-c3ccccc3)ccc2c2c3ccccc3ccc21)c1ccccc1)c1ccc2sc3ccccc3c2c1. The molecule has 9 rings (SSSR count). The fourth-order valence-corrected chi connectivity index (χ4v) is 7.71. The predicted molar refractivity (Wildman–Crippen MR) is 201 cm³/mol. The lowest BCUT2D eigenvalue weighted by Gasteiger charge is -2.15. The number of rotatable bonds is 4. The van der Waals surface area contributed by atoms with Crippen LogP contribution in [-0.4, -0.2) is 16.3 Å². The highest BCUT2D eigenvalue weighted by Gasteiger charge is 2.17. The van der Waals surface area contributed by atoms with E-state index >= 15 is 0 Å². The van der Waals surface area contributed by atoms with Crippen LogP contribution in [0, 0.1) is 5.41 Å². The quantitative estimate of drug-likeness (QED) is 0.149. The monoisotopic (exact) mass is 620 g/mol. The van der Waals surface area contributed by atoms with Crippen molar-refractivity contribution in [3.05, 3.63) is 169 Å². The summed E-state index contributed by atoms with van der Waals surface area (Å²) in [5.41, 5.74) is 9.75. The van der Waals surface area contributed by atoms with Crippen molar-refractivity contribution in [2.75, 3.05) is 5.43 Å². The van der Waals surface area contributed by atoms with Gasteiger partial charge in [0, 0.05) is 42.1 Å². The van der Waals surface area contributed by atoms with Gasteiger partial charge >= 0.3 is 0 Å². The van der Waals surface area contributed by atoms with E-state index in [1.165, 1.54) is 30.9 Å². The van der Waals surface area contributed by atoms with Crippen LogP contribution < -0.4 is 5.43 Å². The smallest absolute Gasteiger partial charge is 0.154 e. The molecule has 0 aliphatic carbocycles. The molecule has 0 amide bonds. The van der Waals surface area contributed by atoms with Crippen LogP contribution in [-0.2, 0) is 0 Å². The van der Waals surface area contributed by atoms with Crippen molar-refractivity contribution in [1.82, 2.24) is 4.68 Å². The van der Waals surface area contributed by atoms with Crippen molar-refractivity contribution in [3.63, 3.8) is 0 Å². The third-order valence-electron chi connectivity index (χ3n) is 8.90. The highest BCUT2D eigenvalue weighted by Crippen LogP contribution is 2.37. The first-order chi connectivity index (χ1) is 23.2. The maximum atomic E-state index is 9.22. The van der Waals surface area contributed by atoms with E-state index in [2.05, 4.69) is 125 Å². The van der Waals surface area contributed by atoms with Crippen molar-refractivity contribution >= 4 is 75.8 Å². The zero-order valence-corrected chi connectivity index (χ0v) is 26.1. The van der Waals surface area contributed by atoms with Gasteiger partial charge in [0.05, 0.1) is 11.0 Å². The van der Waals surface area contributed by atoms with Crippen LogP contribution in [0.4, 0.5) is 0 Å². The summed E-state index contributed by atoms with van der Waals surface area (Å²) in [7, 11) is 0.